The third-order valence-corrected chi connectivity index (χ3v) is 5.79. The Hall–Kier alpha value is -3.66. The molecule has 0 aromatic heterocycles. The molecule has 4 nitrogen and oxygen atoms in total. The molecule has 1 N–H and O–H groups in total. The lowest BCUT2D eigenvalue weighted by molar-refractivity contribution is -0.120. The maximum absolute atomic E-state index is 13.6. The van der Waals surface area contributed by atoms with E-state index >= 15 is 0 Å². The molecular formula is C28H28N2O2. The van der Waals surface area contributed by atoms with Crippen LogP contribution in [0.5, 0.6) is 0 Å². The van der Waals surface area contributed by atoms with Crippen molar-refractivity contribution in [3.05, 3.63) is 101 Å². The van der Waals surface area contributed by atoms with Crippen LogP contribution in [-0.2, 0) is 15.0 Å². The molecule has 0 bridgehead atoms. The fourth-order valence-electron chi connectivity index (χ4n) is 3.87. The molecule has 0 saturated carbocycles. The first-order valence-electron chi connectivity index (χ1n) is 10.8. The molecular weight excluding hydrogens is 396 g/mol. The van der Waals surface area contributed by atoms with Gasteiger partial charge in [0.2, 0.25) is 0 Å². The molecule has 32 heavy (non-hydrogen) atoms. The van der Waals surface area contributed by atoms with Crippen LogP contribution in [0.15, 0.2) is 78.5 Å². The normalized spacial score (nSPS) is 14.3. The van der Waals surface area contributed by atoms with Crippen LogP contribution in [0.4, 0.5) is 11.4 Å². The standard InChI is InChI=1S/C28H28N2O2/c1-18-11-12-19(2)23(17-18)29-25-24(20-9-7-6-8-10-20)26(31)30(27(25)32)22-15-13-21(14-16-22)28(3,4)5/h6-17,29H,1-5H3. The molecule has 0 unspecified atom stereocenters. The number of aryl methyl sites for hydroxylation is 2. The molecule has 4 heteroatoms. The quantitative estimate of drug-likeness (QED) is 0.523. The molecule has 0 aliphatic carbocycles. The van der Waals surface area contributed by atoms with Gasteiger partial charge in [0.1, 0.15) is 5.70 Å². The average Bonchev–Trinajstić information content (AvgIpc) is 3.00. The number of carbonyl (C=O) groups excluding carboxylic acids is 2. The van der Waals surface area contributed by atoms with Crippen molar-refractivity contribution in [1.82, 2.24) is 0 Å². The van der Waals surface area contributed by atoms with Crippen molar-refractivity contribution in [1.29, 1.82) is 0 Å². The van der Waals surface area contributed by atoms with Crippen molar-refractivity contribution < 1.29 is 9.59 Å². The second-order valence-electron chi connectivity index (χ2n) is 9.30. The van der Waals surface area contributed by atoms with Crippen LogP contribution in [0.25, 0.3) is 5.57 Å². The van der Waals surface area contributed by atoms with Gasteiger partial charge < -0.3 is 5.32 Å². The number of rotatable bonds is 4. The summed E-state index contributed by atoms with van der Waals surface area (Å²) in [6.07, 6.45) is 0. The molecule has 0 radical (unpaired) electrons. The Kier molecular flexibility index (Phi) is 5.47. The Labute approximate surface area is 189 Å². The third kappa shape index (κ3) is 3.96. The number of benzene rings is 3. The van der Waals surface area contributed by atoms with Crippen LogP contribution in [0.2, 0.25) is 0 Å². The van der Waals surface area contributed by atoms with E-state index in [1.807, 2.05) is 86.6 Å². The first kappa shape index (κ1) is 21.6. The van der Waals surface area contributed by atoms with Crippen molar-refractivity contribution in [3.8, 4) is 0 Å². The minimum absolute atomic E-state index is 0.0135. The monoisotopic (exact) mass is 424 g/mol. The third-order valence-electron chi connectivity index (χ3n) is 5.79. The number of carbonyl (C=O) groups is 2. The van der Waals surface area contributed by atoms with E-state index in [9.17, 15) is 9.59 Å². The first-order valence-corrected chi connectivity index (χ1v) is 10.8. The lowest BCUT2D eigenvalue weighted by Crippen LogP contribution is -2.32. The number of amides is 2. The fraction of sp³-hybridized carbons (Fsp3) is 0.214. The van der Waals surface area contributed by atoms with E-state index in [1.54, 1.807) is 0 Å². The van der Waals surface area contributed by atoms with Gasteiger partial charge in [-0.05, 0) is 59.7 Å². The summed E-state index contributed by atoms with van der Waals surface area (Å²) in [5.41, 5.74) is 6.00. The zero-order valence-corrected chi connectivity index (χ0v) is 19.2. The fourth-order valence-corrected chi connectivity index (χ4v) is 3.87. The van der Waals surface area contributed by atoms with Gasteiger partial charge in [0.05, 0.1) is 11.3 Å². The van der Waals surface area contributed by atoms with Crippen molar-refractivity contribution >= 4 is 28.8 Å². The summed E-state index contributed by atoms with van der Waals surface area (Å²) in [6.45, 7) is 10.4. The van der Waals surface area contributed by atoms with Crippen LogP contribution in [0, 0.1) is 13.8 Å². The van der Waals surface area contributed by atoms with Crippen LogP contribution in [0.1, 0.15) is 43.0 Å². The van der Waals surface area contributed by atoms with Crippen LogP contribution in [0.3, 0.4) is 0 Å². The van der Waals surface area contributed by atoms with E-state index < -0.39 is 0 Å². The van der Waals surface area contributed by atoms with Gasteiger partial charge in [0.25, 0.3) is 11.8 Å². The largest absolute Gasteiger partial charge is 0.350 e. The summed E-state index contributed by atoms with van der Waals surface area (Å²) >= 11 is 0. The highest BCUT2D eigenvalue weighted by Crippen LogP contribution is 2.35. The zero-order chi connectivity index (χ0) is 23.0. The van der Waals surface area contributed by atoms with E-state index in [0.717, 1.165) is 22.4 Å². The van der Waals surface area contributed by atoms with Crippen molar-refractivity contribution in [3.63, 3.8) is 0 Å². The molecule has 3 aromatic carbocycles. The summed E-state index contributed by atoms with van der Waals surface area (Å²) in [7, 11) is 0. The molecule has 0 atom stereocenters. The molecule has 3 aromatic rings. The summed E-state index contributed by atoms with van der Waals surface area (Å²) in [5, 5.41) is 3.28. The van der Waals surface area contributed by atoms with Gasteiger partial charge in [-0.15, -0.1) is 0 Å². The SMILES string of the molecule is Cc1ccc(C)c(NC2=C(c3ccccc3)C(=O)N(c3ccc(C(C)(C)C)cc3)C2=O)c1. The topological polar surface area (TPSA) is 49.4 Å². The summed E-state index contributed by atoms with van der Waals surface area (Å²) < 4.78 is 0. The molecule has 1 aliphatic heterocycles. The molecule has 4 rings (SSSR count). The molecule has 2 amide bonds. The molecule has 0 spiro atoms. The smallest absolute Gasteiger partial charge is 0.282 e. The van der Waals surface area contributed by atoms with E-state index in [-0.39, 0.29) is 17.2 Å². The zero-order valence-electron chi connectivity index (χ0n) is 19.2. The summed E-state index contributed by atoms with van der Waals surface area (Å²) in [5.74, 6) is -0.671. The highest BCUT2D eigenvalue weighted by Gasteiger charge is 2.40. The molecule has 0 fully saturated rings. The predicted octanol–water partition coefficient (Wildman–Crippen LogP) is 6.00. The van der Waals surface area contributed by atoms with Crippen molar-refractivity contribution in [2.45, 2.75) is 40.0 Å². The Morgan fingerprint density at radius 1 is 0.781 bits per heavy atom. The van der Waals surface area contributed by atoms with Gasteiger partial charge >= 0.3 is 0 Å². The van der Waals surface area contributed by atoms with Crippen LogP contribution >= 0.6 is 0 Å². The Bertz CT molecular complexity index is 1220. The maximum Gasteiger partial charge on any atom is 0.282 e. The van der Waals surface area contributed by atoms with Gasteiger partial charge in [-0.1, -0.05) is 75.4 Å². The molecule has 162 valence electrons. The van der Waals surface area contributed by atoms with Crippen LogP contribution < -0.4 is 10.2 Å². The van der Waals surface area contributed by atoms with Gasteiger partial charge in [-0.2, -0.15) is 0 Å². The highest BCUT2D eigenvalue weighted by molar-refractivity contribution is 6.46. The number of imide groups is 1. The molecule has 1 heterocycles. The van der Waals surface area contributed by atoms with Crippen LogP contribution in [-0.4, -0.2) is 11.8 Å². The lowest BCUT2D eigenvalue weighted by Gasteiger charge is -2.21. The number of hydrogen-bond acceptors (Lipinski definition) is 3. The van der Waals surface area contributed by atoms with E-state index in [0.29, 0.717) is 22.5 Å². The number of nitrogens with one attached hydrogen (secondary N) is 1. The first-order chi connectivity index (χ1) is 15.2. The average molecular weight is 425 g/mol. The van der Waals surface area contributed by atoms with E-state index in [4.69, 9.17) is 0 Å². The highest BCUT2D eigenvalue weighted by atomic mass is 16.2. The maximum atomic E-state index is 13.6. The number of nitrogens with zero attached hydrogens (tertiary/aromatic N) is 1. The molecule has 0 saturated heterocycles. The van der Waals surface area contributed by atoms with Gasteiger partial charge in [-0.3, -0.25) is 9.59 Å². The van der Waals surface area contributed by atoms with Gasteiger partial charge in [0, 0.05) is 5.69 Å². The van der Waals surface area contributed by atoms with Crippen molar-refractivity contribution in [2.75, 3.05) is 10.2 Å². The van der Waals surface area contributed by atoms with E-state index in [1.165, 1.54) is 4.90 Å². The molecule has 1 aliphatic rings. The Morgan fingerprint density at radius 2 is 1.44 bits per heavy atom. The minimum Gasteiger partial charge on any atom is -0.350 e. The van der Waals surface area contributed by atoms with Gasteiger partial charge in [-0.25, -0.2) is 4.90 Å². The Balaban J connectivity index is 1.79. The second kappa shape index (κ2) is 8.12. The van der Waals surface area contributed by atoms with E-state index in [2.05, 4.69) is 26.1 Å². The Morgan fingerprint density at radius 3 is 2.06 bits per heavy atom. The minimum atomic E-state index is -0.349. The second-order valence-corrected chi connectivity index (χ2v) is 9.30. The summed E-state index contributed by atoms with van der Waals surface area (Å²) in [6, 6.07) is 23.0. The van der Waals surface area contributed by atoms with Crippen molar-refractivity contribution in [2.24, 2.45) is 0 Å². The predicted molar refractivity (Wildman–Crippen MR) is 131 cm³/mol. The number of hydrogen-bond donors (Lipinski definition) is 1. The summed E-state index contributed by atoms with van der Waals surface area (Å²) in [4.78, 5) is 28.4. The number of anilines is 2. The van der Waals surface area contributed by atoms with Gasteiger partial charge in [0.15, 0.2) is 0 Å². The lowest BCUT2D eigenvalue weighted by atomic mass is 9.87.